The molecule has 0 unspecified atom stereocenters. The van der Waals surface area contributed by atoms with Crippen molar-refractivity contribution in [2.45, 2.75) is 65.4 Å². The van der Waals surface area contributed by atoms with Gasteiger partial charge >= 0.3 is 5.97 Å². The van der Waals surface area contributed by atoms with Crippen LogP contribution in [0.1, 0.15) is 59.3 Å². The molecule has 0 aliphatic rings. The molecular weight excluding hydrogens is 204 g/mol. The topological polar surface area (TPSA) is 46.5 Å². The first kappa shape index (κ1) is 15.4. The van der Waals surface area contributed by atoms with E-state index in [9.17, 15) is 9.90 Å². The zero-order valence-corrected chi connectivity index (χ0v) is 10.9. The van der Waals surface area contributed by atoms with E-state index in [0.717, 1.165) is 12.8 Å². The van der Waals surface area contributed by atoms with Crippen LogP contribution in [-0.4, -0.2) is 23.8 Å². The Kier molecular flexibility index (Phi) is 9.30. The van der Waals surface area contributed by atoms with E-state index in [1.165, 1.54) is 19.3 Å². The van der Waals surface area contributed by atoms with Gasteiger partial charge in [-0.2, -0.15) is 0 Å². The Labute approximate surface area is 99.2 Å². The van der Waals surface area contributed by atoms with Crippen molar-refractivity contribution in [2.75, 3.05) is 6.61 Å². The lowest BCUT2D eigenvalue weighted by Crippen LogP contribution is -2.27. The van der Waals surface area contributed by atoms with Crippen molar-refractivity contribution in [3.05, 3.63) is 0 Å². The molecule has 3 nitrogen and oxygen atoms in total. The summed E-state index contributed by atoms with van der Waals surface area (Å²) >= 11 is 0. The number of ether oxygens (including phenoxy) is 1. The molecule has 3 heteroatoms. The molecule has 0 aliphatic carbocycles. The van der Waals surface area contributed by atoms with Gasteiger partial charge in [0.25, 0.3) is 0 Å². The van der Waals surface area contributed by atoms with Crippen LogP contribution in [-0.2, 0) is 9.53 Å². The van der Waals surface area contributed by atoms with E-state index in [1.54, 1.807) is 13.8 Å². The second-order valence-electron chi connectivity index (χ2n) is 4.31. The van der Waals surface area contributed by atoms with Gasteiger partial charge in [0.05, 0.1) is 18.6 Å². The van der Waals surface area contributed by atoms with Gasteiger partial charge in [-0.15, -0.1) is 0 Å². The number of aliphatic hydroxyl groups excluding tert-OH is 1. The molecule has 0 aromatic rings. The Morgan fingerprint density at radius 2 is 1.81 bits per heavy atom. The molecule has 0 aliphatic heterocycles. The molecule has 16 heavy (non-hydrogen) atoms. The van der Waals surface area contributed by atoms with Gasteiger partial charge in [-0.05, 0) is 20.3 Å². The van der Waals surface area contributed by atoms with Crippen LogP contribution in [0.3, 0.4) is 0 Å². The van der Waals surface area contributed by atoms with Gasteiger partial charge in [0.1, 0.15) is 0 Å². The maximum Gasteiger partial charge on any atom is 0.311 e. The van der Waals surface area contributed by atoms with Crippen LogP contribution >= 0.6 is 0 Å². The van der Waals surface area contributed by atoms with Crippen LogP contribution < -0.4 is 0 Å². The van der Waals surface area contributed by atoms with Crippen LogP contribution in [0.15, 0.2) is 0 Å². The van der Waals surface area contributed by atoms with E-state index in [4.69, 9.17) is 4.74 Å². The molecule has 1 N–H and O–H groups in total. The first-order valence-electron chi connectivity index (χ1n) is 6.48. The largest absolute Gasteiger partial charge is 0.466 e. The van der Waals surface area contributed by atoms with Crippen LogP contribution in [0.5, 0.6) is 0 Å². The van der Waals surface area contributed by atoms with E-state index in [-0.39, 0.29) is 5.97 Å². The molecule has 0 bridgehead atoms. The molecule has 96 valence electrons. The van der Waals surface area contributed by atoms with E-state index in [2.05, 4.69) is 6.92 Å². The second kappa shape index (κ2) is 9.64. The lowest BCUT2D eigenvalue weighted by atomic mass is 9.99. The molecule has 0 saturated carbocycles. The minimum atomic E-state index is -0.555. The van der Waals surface area contributed by atoms with E-state index >= 15 is 0 Å². The predicted molar refractivity (Wildman–Crippen MR) is 65.2 cm³/mol. The Morgan fingerprint density at radius 3 is 2.38 bits per heavy atom. The van der Waals surface area contributed by atoms with E-state index in [1.807, 2.05) is 0 Å². The molecule has 0 rings (SSSR count). The summed E-state index contributed by atoms with van der Waals surface area (Å²) in [5.41, 5.74) is 0. The molecule has 0 amide bonds. The zero-order valence-electron chi connectivity index (χ0n) is 10.9. The molecule has 0 saturated heterocycles. The van der Waals surface area contributed by atoms with Gasteiger partial charge in [-0.3, -0.25) is 4.79 Å². The average Bonchev–Trinajstić information content (AvgIpc) is 2.27. The number of unbranched alkanes of at least 4 members (excludes halogenated alkanes) is 4. The average molecular weight is 230 g/mol. The molecular formula is C13H26O3. The van der Waals surface area contributed by atoms with Crippen molar-refractivity contribution in [3.63, 3.8) is 0 Å². The maximum absolute atomic E-state index is 11.3. The summed E-state index contributed by atoms with van der Waals surface area (Å²) in [5, 5.41) is 9.77. The number of esters is 1. The number of rotatable bonds is 9. The Bertz CT molecular complexity index is 180. The lowest BCUT2D eigenvalue weighted by molar-refractivity contribution is -0.151. The third-order valence-electron chi connectivity index (χ3n) is 2.84. The minimum Gasteiger partial charge on any atom is -0.466 e. The van der Waals surface area contributed by atoms with Gasteiger partial charge in [-0.1, -0.05) is 39.0 Å². The molecule has 2 atom stereocenters. The smallest absolute Gasteiger partial charge is 0.311 e. The third kappa shape index (κ3) is 6.83. The lowest BCUT2D eigenvalue weighted by Gasteiger charge is -2.17. The Hall–Kier alpha value is -0.570. The summed E-state index contributed by atoms with van der Waals surface area (Å²) in [6, 6.07) is 0. The van der Waals surface area contributed by atoms with Gasteiger partial charge in [0.15, 0.2) is 0 Å². The normalized spacial score (nSPS) is 14.5. The van der Waals surface area contributed by atoms with E-state index < -0.39 is 12.0 Å². The fraction of sp³-hybridized carbons (Fsp3) is 0.923. The minimum absolute atomic E-state index is 0.288. The van der Waals surface area contributed by atoms with Gasteiger partial charge in [0, 0.05) is 0 Å². The number of aliphatic hydroxyl groups is 1. The number of hydrogen-bond donors (Lipinski definition) is 1. The molecule has 0 heterocycles. The fourth-order valence-electron chi connectivity index (χ4n) is 1.64. The SMILES string of the molecule is CCCCCCC[C@@H](O)[C@H](C)C(=O)OCC. The van der Waals surface area contributed by atoms with Crippen molar-refractivity contribution in [1.29, 1.82) is 0 Å². The van der Waals surface area contributed by atoms with Gasteiger partial charge < -0.3 is 9.84 Å². The maximum atomic E-state index is 11.3. The first-order chi connectivity index (χ1) is 7.63. The summed E-state index contributed by atoms with van der Waals surface area (Å²) in [6.07, 6.45) is 5.97. The highest BCUT2D eigenvalue weighted by molar-refractivity contribution is 5.72. The number of carbonyl (C=O) groups excluding carboxylic acids is 1. The third-order valence-corrected chi connectivity index (χ3v) is 2.84. The van der Waals surface area contributed by atoms with E-state index in [0.29, 0.717) is 13.0 Å². The molecule has 0 aromatic heterocycles. The molecule has 0 aromatic carbocycles. The summed E-state index contributed by atoms with van der Waals surface area (Å²) < 4.78 is 4.87. The van der Waals surface area contributed by atoms with Crippen molar-refractivity contribution >= 4 is 5.97 Å². The van der Waals surface area contributed by atoms with Crippen LogP contribution in [0.4, 0.5) is 0 Å². The van der Waals surface area contributed by atoms with Gasteiger partial charge in [0.2, 0.25) is 0 Å². The number of hydrogen-bond acceptors (Lipinski definition) is 3. The quantitative estimate of drug-likeness (QED) is 0.489. The predicted octanol–water partition coefficient (Wildman–Crippen LogP) is 2.91. The Morgan fingerprint density at radius 1 is 1.19 bits per heavy atom. The highest BCUT2D eigenvalue weighted by atomic mass is 16.5. The Balaban J connectivity index is 3.62. The van der Waals surface area contributed by atoms with Crippen molar-refractivity contribution in [1.82, 2.24) is 0 Å². The first-order valence-corrected chi connectivity index (χ1v) is 6.48. The highest BCUT2D eigenvalue weighted by Gasteiger charge is 2.22. The van der Waals surface area contributed by atoms with Crippen molar-refractivity contribution < 1.29 is 14.6 Å². The van der Waals surface area contributed by atoms with Crippen molar-refractivity contribution in [3.8, 4) is 0 Å². The van der Waals surface area contributed by atoms with Crippen LogP contribution in [0.25, 0.3) is 0 Å². The summed E-state index contributed by atoms with van der Waals surface area (Å²) in [4.78, 5) is 11.3. The summed E-state index contributed by atoms with van der Waals surface area (Å²) in [5.74, 6) is -0.685. The second-order valence-corrected chi connectivity index (χ2v) is 4.31. The summed E-state index contributed by atoms with van der Waals surface area (Å²) in [7, 11) is 0. The number of carbonyl (C=O) groups is 1. The molecule has 0 spiro atoms. The highest BCUT2D eigenvalue weighted by Crippen LogP contribution is 2.14. The van der Waals surface area contributed by atoms with Crippen LogP contribution in [0.2, 0.25) is 0 Å². The monoisotopic (exact) mass is 230 g/mol. The fourth-order valence-corrected chi connectivity index (χ4v) is 1.64. The molecule has 0 radical (unpaired) electrons. The standard InChI is InChI=1S/C13H26O3/c1-4-6-7-8-9-10-12(14)11(3)13(15)16-5-2/h11-12,14H,4-10H2,1-3H3/t11-,12+/m0/s1. The summed E-state index contributed by atoms with van der Waals surface area (Å²) in [6.45, 7) is 6.07. The van der Waals surface area contributed by atoms with Crippen molar-refractivity contribution in [2.24, 2.45) is 5.92 Å². The van der Waals surface area contributed by atoms with Crippen LogP contribution in [0, 0.1) is 5.92 Å². The zero-order chi connectivity index (χ0) is 12.4. The molecule has 0 fully saturated rings. The van der Waals surface area contributed by atoms with Gasteiger partial charge in [-0.25, -0.2) is 0 Å².